The van der Waals surface area contributed by atoms with Crippen LogP contribution in [0, 0.1) is 17.3 Å². The molecule has 2 aliphatic rings. The third-order valence-corrected chi connectivity index (χ3v) is 5.42. The van der Waals surface area contributed by atoms with Crippen LogP contribution in [-0.2, 0) is 9.53 Å². The topological polar surface area (TPSA) is 26.3 Å². The van der Waals surface area contributed by atoms with Gasteiger partial charge in [0.2, 0.25) is 0 Å². The Bertz CT molecular complexity index is 312. The fourth-order valence-electron chi connectivity index (χ4n) is 3.95. The van der Waals surface area contributed by atoms with Gasteiger partial charge in [-0.05, 0) is 31.1 Å². The van der Waals surface area contributed by atoms with Gasteiger partial charge in [0.1, 0.15) is 6.10 Å². The molecule has 4 unspecified atom stereocenters. The molecular weight excluding hydrogens is 236 g/mol. The van der Waals surface area contributed by atoms with Crippen LogP contribution in [0.15, 0.2) is 0 Å². The molecule has 0 N–H and O–H groups in total. The number of fused-ring (bicyclic) bond motifs is 1. The number of unbranched alkanes of at least 4 members (excludes halogenated alkanes) is 4. The lowest BCUT2D eigenvalue weighted by Crippen LogP contribution is -2.34. The minimum atomic E-state index is 0.0437. The zero-order valence-electron chi connectivity index (χ0n) is 12.9. The van der Waals surface area contributed by atoms with Crippen LogP contribution in [0.25, 0.3) is 0 Å². The summed E-state index contributed by atoms with van der Waals surface area (Å²) >= 11 is 0. The van der Waals surface area contributed by atoms with Crippen molar-refractivity contribution in [1.82, 2.24) is 0 Å². The van der Waals surface area contributed by atoms with Crippen molar-refractivity contribution in [2.75, 3.05) is 0 Å². The molecule has 0 aromatic heterocycles. The average Bonchev–Trinajstić information content (AvgIpc) is 2.64. The second-order valence-corrected chi connectivity index (χ2v) is 7.15. The number of hydrogen-bond donors (Lipinski definition) is 0. The van der Waals surface area contributed by atoms with Gasteiger partial charge in [0.15, 0.2) is 0 Å². The second kappa shape index (κ2) is 6.28. The second-order valence-electron chi connectivity index (χ2n) is 7.15. The van der Waals surface area contributed by atoms with Crippen molar-refractivity contribution in [3.05, 3.63) is 0 Å². The van der Waals surface area contributed by atoms with Gasteiger partial charge in [-0.1, -0.05) is 52.9 Å². The first-order chi connectivity index (χ1) is 9.06. The number of carbonyl (C=O) groups is 1. The molecular formula is C17H30O2. The number of esters is 1. The molecule has 1 aliphatic heterocycles. The molecule has 110 valence electrons. The van der Waals surface area contributed by atoms with E-state index < -0.39 is 0 Å². The molecule has 2 heteroatoms. The van der Waals surface area contributed by atoms with Gasteiger partial charge in [-0.3, -0.25) is 4.79 Å². The normalized spacial score (nSPS) is 38.1. The Morgan fingerprint density at radius 3 is 2.74 bits per heavy atom. The molecule has 2 nitrogen and oxygen atoms in total. The molecule has 0 radical (unpaired) electrons. The molecule has 1 saturated carbocycles. The van der Waals surface area contributed by atoms with E-state index in [0.29, 0.717) is 11.3 Å². The fraction of sp³-hybridized carbons (Fsp3) is 0.941. The number of rotatable bonds is 6. The van der Waals surface area contributed by atoms with Crippen molar-refractivity contribution in [2.24, 2.45) is 17.3 Å². The van der Waals surface area contributed by atoms with E-state index in [4.69, 9.17) is 4.74 Å². The summed E-state index contributed by atoms with van der Waals surface area (Å²) in [5, 5.41) is 0. The van der Waals surface area contributed by atoms with E-state index in [2.05, 4.69) is 13.8 Å². The third-order valence-electron chi connectivity index (χ3n) is 5.42. The lowest BCUT2D eigenvalue weighted by Gasteiger charge is -2.39. The van der Waals surface area contributed by atoms with Crippen molar-refractivity contribution in [3.8, 4) is 0 Å². The van der Waals surface area contributed by atoms with E-state index in [9.17, 15) is 4.79 Å². The molecule has 2 rings (SSSR count). The van der Waals surface area contributed by atoms with E-state index in [1.165, 1.54) is 51.4 Å². The highest BCUT2D eigenvalue weighted by molar-refractivity contribution is 5.74. The highest BCUT2D eigenvalue weighted by Gasteiger charge is 2.48. The summed E-state index contributed by atoms with van der Waals surface area (Å²) in [6.45, 7) is 6.71. The third kappa shape index (κ3) is 3.52. The van der Waals surface area contributed by atoms with Crippen LogP contribution in [0.2, 0.25) is 0 Å². The SMILES string of the molecule is CCCCCCCC1(C)CCC2C(C1)OC(=O)C2C. The van der Waals surface area contributed by atoms with Gasteiger partial charge in [0.25, 0.3) is 0 Å². The van der Waals surface area contributed by atoms with Gasteiger partial charge in [-0.15, -0.1) is 0 Å². The lowest BCUT2D eigenvalue weighted by atomic mass is 9.66. The van der Waals surface area contributed by atoms with Crippen molar-refractivity contribution in [3.63, 3.8) is 0 Å². The minimum absolute atomic E-state index is 0.0437. The molecule has 19 heavy (non-hydrogen) atoms. The maximum absolute atomic E-state index is 11.7. The van der Waals surface area contributed by atoms with Crippen molar-refractivity contribution < 1.29 is 9.53 Å². The van der Waals surface area contributed by atoms with Crippen LogP contribution in [0.5, 0.6) is 0 Å². The highest BCUT2D eigenvalue weighted by atomic mass is 16.6. The van der Waals surface area contributed by atoms with Crippen molar-refractivity contribution in [2.45, 2.75) is 84.7 Å². The largest absolute Gasteiger partial charge is 0.462 e. The van der Waals surface area contributed by atoms with Crippen LogP contribution in [0.3, 0.4) is 0 Å². The zero-order chi connectivity index (χ0) is 13.9. The summed E-state index contributed by atoms with van der Waals surface area (Å²) in [5.41, 5.74) is 0.414. The van der Waals surface area contributed by atoms with Gasteiger partial charge in [0, 0.05) is 5.92 Å². The van der Waals surface area contributed by atoms with Gasteiger partial charge in [-0.25, -0.2) is 0 Å². The van der Waals surface area contributed by atoms with E-state index in [1.807, 2.05) is 6.92 Å². The quantitative estimate of drug-likeness (QED) is 0.514. The maximum atomic E-state index is 11.7. The van der Waals surface area contributed by atoms with Gasteiger partial charge < -0.3 is 4.74 Å². The summed E-state index contributed by atoms with van der Waals surface area (Å²) in [7, 11) is 0. The van der Waals surface area contributed by atoms with Crippen LogP contribution >= 0.6 is 0 Å². The molecule has 1 saturated heterocycles. The Hall–Kier alpha value is -0.530. The summed E-state index contributed by atoms with van der Waals surface area (Å²) in [4.78, 5) is 11.7. The average molecular weight is 266 g/mol. The van der Waals surface area contributed by atoms with Gasteiger partial charge in [0.05, 0.1) is 5.92 Å². The molecule has 2 fully saturated rings. The molecule has 0 spiro atoms. The van der Waals surface area contributed by atoms with E-state index >= 15 is 0 Å². The van der Waals surface area contributed by atoms with E-state index in [0.717, 1.165) is 6.42 Å². The fourth-order valence-corrected chi connectivity index (χ4v) is 3.95. The summed E-state index contributed by atoms with van der Waals surface area (Å²) in [5.74, 6) is 0.682. The van der Waals surface area contributed by atoms with Crippen LogP contribution in [-0.4, -0.2) is 12.1 Å². The molecule has 1 heterocycles. The standard InChI is InChI=1S/C17H30O2/c1-4-5-6-7-8-10-17(3)11-9-14-13(2)16(18)19-15(14)12-17/h13-15H,4-12H2,1-3H3. The Morgan fingerprint density at radius 1 is 1.26 bits per heavy atom. The minimum Gasteiger partial charge on any atom is -0.462 e. The predicted octanol–water partition coefficient (Wildman–Crippen LogP) is 4.71. The zero-order valence-corrected chi connectivity index (χ0v) is 12.9. The molecule has 0 aromatic carbocycles. The van der Waals surface area contributed by atoms with Crippen molar-refractivity contribution in [1.29, 1.82) is 0 Å². The summed E-state index contributed by atoms with van der Waals surface area (Å²) < 4.78 is 5.58. The first kappa shape index (κ1) is 14.9. The number of carbonyl (C=O) groups excluding carboxylic acids is 1. The van der Waals surface area contributed by atoms with Gasteiger partial charge >= 0.3 is 5.97 Å². The number of hydrogen-bond acceptors (Lipinski definition) is 2. The Balaban J connectivity index is 1.77. The smallest absolute Gasteiger partial charge is 0.309 e. The summed E-state index contributed by atoms with van der Waals surface area (Å²) in [6, 6.07) is 0. The Labute approximate surface area is 118 Å². The number of ether oxygens (including phenoxy) is 1. The van der Waals surface area contributed by atoms with Crippen molar-refractivity contribution >= 4 is 5.97 Å². The predicted molar refractivity (Wildman–Crippen MR) is 77.9 cm³/mol. The molecule has 0 bridgehead atoms. The van der Waals surface area contributed by atoms with Crippen LogP contribution < -0.4 is 0 Å². The first-order valence-corrected chi connectivity index (χ1v) is 8.26. The molecule has 1 aliphatic carbocycles. The maximum Gasteiger partial charge on any atom is 0.309 e. The van der Waals surface area contributed by atoms with E-state index in [-0.39, 0.29) is 18.0 Å². The summed E-state index contributed by atoms with van der Waals surface area (Å²) in [6.07, 6.45) is 11.9. The molecule has 0 aromatic rings. The Morgan fingerprint density at radius 2 is 2.00 bits per heavy atom. The molecule has 4 atom stereocenters. The Kier molecular flexibility index (Phi) is 4.92. The van der Waals surface area contributed by atoms with Crippen LogP contribution in [0.1, 0.15) is 78.6 Å². The monoisotopic (exact) mass is 266 g/mol. The van der Waals surface area contributed by atoms with Gasteiger partial charge in [-0.2, -0.15) is 0 Å². The molecule has 0 amide bonds. The highest BCUT2D eigenvalue weighted by Crippen LogP contribution is 2.48. The first-order valence-electron chi connectivity index (χ1n) is 8.26. The van der Waals surface area contributed by atoms with E-state index in [1.54, 1.807) is 0 Å². The van der Waals surface area contributed by atoms with Crippen LogP contribution in [0.4, 0.5) is 0 Å². The lowest BCUT2D eigenvalue weighted by molar-refractivity contribution is -0.145.